The van der Waals surface area contributed by atoms with Crippen LogP contribution < -0.4 is 5.73 Å². The summed E-state index contributed by atoms with van der Waals surface area (Å²) in [4.78, 5) is 0.0415. The Morgan fingerprint density at radius 2 is 1.93 bits per heavy atom. The van der Waals surface area contributed by atoms with Gasteiger partial charge in [0.25, 0.3) is 0 Å². The predicted molar refractivity (Wildman–Crippen MR) is 65.2 cm³/mol. The summed E-state index contributed by atoms with van der Waals surface area (Å²) in [5, 5.41) is -0.766. The average Bonchev–Trinajstić information content (AvgIpc) is 2.67. The third-order valence-electron chi connectivity index (χ3n) is 3.09. The van der Waals surface area contributed by atoms with Gasteiger partial charge in [-0.2, -0.15) is 0 Å². The number of hydrogen-bond acceptors (Lipinski definition) is 3. The van der Waals surface area contributed by atoms with Gasteiger partial charge < -0.3 is 5.73 Å². The second-order valence-corrected chi connectivity index (χ2v) is 6.83. The molecule has 0 aromatic rings. The molecular weight excluding hydrogens is 232 g/mol. The normalized spacial score (nSPS) is 20.7. The van der Waals surface area contributed by atoms with Crippen LogP contribution in [0.15, 0.2) is 0 Å². The van der Waals surface area contributed by atoms with Gasteiger partial charge in [-0.3, -0.25) is 0 Å². The first-order valence-electron chi connectivity index (χ1n) is 5.13. The molecule has 1 atom stereocenters. The molecule has 2 N–H and O–H groups in total. The number of nitrogens with two attached hydrogens (primary N) is 1. The van der Waals surface area contributed by atoms with Gasteiger partial charge in [-0.25, -0.2) is 12.7 Å². The Labute approximate surface area is 96.9 Å². The fraction of sp³-hybridized carbons (Fsp3) is 0.889. The Morgan fingerprint density at radius 3 is 2.33 bits per heavy atom. The summed E-state index contributed by atoms with van der Waals surface area (Å²) in [6.07, 6.45) is 4.09. The molecule has 0 heterocycles. The molecule has 0 bridgehead atoms. The molecule has 1 aliphatic carbocycles. The van der Waals surface area contributed by atoms with Crippen molar-refractivity contribution in [2.24, 2.45) is 5.73 Å². The maximum absolute atomic E-state index is 12.0. The van der Waals surface area contributed by atoms with E-state index < -0.39 is 15.3 Å². The molecule has 1 rings (SSSR count). The third-order valence-corrected chi connectivity index (χ3v) is 5.84. The van der Waals surface area contributed by atoms with Crippen molar-refractivity contribution in [3.63, 3.8) is 0 Å². The number of thiocarbonyl (C=S) groups is 1. The highest BCUT2D eigenvalue weighted by Crippen LogP contribution is 2.25. The molecular formula is C9H18N2O2S2. The van der Waals surface area contributed by atoms with Gasteiger partial charge in [-0.15, -0.1) is 0 Å². The molecule has 15 heavy (non-hydrogen) atoms. The van der Waals surface area contributed by atoms with Crippen molar-refractivity contribution in [1.82, 2.24) is 4.31 Å². The lowest BCUT2D eigenvalue weighted by Crippen LogP contribution is -2.44. The minimum atomic E-state index is -3.35. The second-order valence-electron chi connectivity index (χ2n) is 4.04. The smallest absolute Gasteiger partial charge is 0.223 e. The van der Waals surface area contributed by atoms with Crippen molar-refractivity contribution < 1.29 is 8.42 Å². The quantitative estimate of drug-likeness (QED) is 0.752. The van der Waals surface area contributed by atoms with Gasteiger partial charge in [0, 0.05) is 13.1 Å². The lowest BCUT2D eigenvalue weighted by Gasteiger charge is -2.26. The van der Waals surface area contributed by atoms with E-state index in [1.54, 1.807) is 14.0 Å². The molecule has 0 spiro atoms. The largest absolute Gasteiger partial charge is 0.392 e. The molecule has 6 heteroatoms. The van der Waals surface area contributed by atoms with Crippen LogP contribution in [0.4, 0.5) is 0 Å². The molecule has 1 aliphatic rings. The van der Waals surface area contributed by atoms with Crippen LogP contribution >= 0.6 is 12.2 Å². The average molecular weight is 250 g/mol. The van der Waals surface area contributed by atoms with Crippen LogP contribution in [0.2, 0.25) is 0 Å². The fourth-order valence-electron chi connectivity index (χ4n) is 1.87. The van der Waals surface area contributed by atoms with Crippen molar-refractivity contribution in [3.8, 4) is 0 Å². The van der Waals surface area contributed by atoms with Crippen molar-refractivity contribution >= 4 is 27.2 Å². The zero-order chi connectivity index (χ0) is 11.6. The van der Waals surface area contributed by atoms with Gasteiger partial charge in [-0.05, 0) is 19.8 Å². The summed E-state index contributed by atoms with van der Waals surface area (Å²) in [5.74, 6) is 0. The fourth-order valence-corrected chi connectivity index (χ4v) is 3.66. The van der Waals surface area contributed by atoms with Crippen LogP contribution in [0.1, 0.15) is 32.6 Å². The second kappa shape index (κ2) is 4.76. The van der Waals surface area contributed by atoms with Crippen LogP contribution in [-0.2, 0) is 10.0 Å². The Kier molecular flexibility index (Phi) is 4.08. The summed E-state index contributed by atoms with van der Waals surface area (Å²) in [6.45, 7) is 1.54. The zero-order valence-electron chi connectivity index (χ0n) is 9.14. The Balaban J connectivity index is 2.80. The minimum Gasteiger partial charge on any atom is -0.392 e. The highest BCUT2D eigenvalue weighted by molar-refractivity contribution is 7.92. The van der Waals surface area contributed by atoms with E-state index in [0.29, 0.717) is 0 Å². The van der Waals surface area contributed by atoms with E-state index >= 15 is 0 Å². The topological polar surface area (TPSA) is 63.4 Å². The molecule has 1 saturated carbocycles. The Bertz CT molecular complexity index is 334. The summed E-state index contributed by atoms with van der Waals surface area (Å²) in [6, 6.07) is 0.131. The predicted octanol–water partition coefficient (Wildman–Crippen LogP) is 0.865. The van der Waals surface area contributed by atoms with Gasteiger partial charge in [0.1, 0.15) is 5.25 Å². The summed E-state index contributed by atoms with van der Waals surface area (Å²) in [7, 11) is -1.73. The van der Waals surface area contributed by atoms with Crippen LogP contribution in [0.3, 0.4) is 0 Å². The van der Waals surface area contributed by atoms with Gasteiger partial charge >= 0.3 is 0 Å². The van der Waals surface area contributed by atoms with E-state index in [-0.39, 0.29) is 11.0 Å². The van der Waals surface area contributed by atoms with Gasteiger partial charge in [0.2, 0.25) is 10.0 Å². The maximum atomic E-state index is 12.0. The van der Waals surface area contributed by atoms with Gasteiger partial charge in [-0.1, -0.05) is 25.1 Å². The van der Waals surface area contributed by atoms with E-state index in [9.17, 15) is 8.42 Å². The summed E-state index contributed by atoms with van der Waals surface area (Å²) >= 11 is 4.73. The highest BCUT2D eigenvalue weighted by Gasteiger charge is 2.33. The van der Waals surface area contributed by atoms with E-state index in [2.05, 4.69) is 0 Å². The number of sulfonamides is 1. The van der Waals surface area contributed by atoms with Crippen LogP contribution in [0, 0.1) is 0 Å². The van der Waals surface area contributed by atoms with E-state index in [1.807, 2.05) is 0 Å². The van der Waals surface area contributed by atoms with Crippen molar-refractivity contribution in [3.05, 3.63) is 0 Å². The number of nitrogens with zero attached hydrogens (tertiary/aromatic N) is 1. The lowest BCUT2D eigenvalue weighted by molar-refractivity contribution is 0.371. The summed E-state index contributed by atoms with van der Waals surface area (Å²) in [5.41, 5.74) is 5.38. The molecule has 1 unspecified atom stereocenters. The molecule has 0 aromatic heterocycles. The third kappa shape index (κ3) is 2.68. The molecule has 88 valence electrons. The summed E-state index contributed by atoms with van der Waals surface area (Å²) < 4.78 is 25.5. The first-order chi connectivity index (χ1) is 6.87. The van der Waals surface area contributed by atoms with Crippen LogP contribution in [-0.4, -0.2) is 36.1 Å². The van der Waals surface area contributed by atoms with E-state index in [1.165, 1.54) is 4.31 Å². The Morgan fingerprint density at radius 1 is 1.47 bits per heavy atom. The first kappa shape index (κ1) is 12.9. The SMILES string of the molecule is CC(C(N)=S)S(=O)(=O)N(C)C1CCCC1. The number of rotatable bonds is 4. The Hall–Kier alpha value is -0.200. The molecule has 0 saturated heterocycles. The van der Waals surface area contributed by atoms with Crippen molar-refractivity contribution in [1.29, 1.82) is 0 Å². The number of hydrogen-bond donors (Lipinski definition) is 1. The van der Waals surface area contributed by atoms with Gasteiger partial charge in [0.15, 0.2) is 0 Å². The molecule has 0 aliphatic heterocycles. The zero-order valence-corrected chi connectivity index (χ0v) is 10.8. The highest BCUT2D eigenvalue weighted by atomic mass is 32.2. The lowest BCUT2D eigenvalue weighted by atomic mass is 10.3. The van der Waals surface area contributed by atoms with Crippen molar-refractivity contribution in [2.45, 2.75) is 43.9 Å². The molecule has 0 radical (unpaired) electrons. The van der Waals surface area contributed by atoms with Crippen molar-refractivity contribution in [2.75, 3.05) is 7.05 Å². The molecule has 1 fully saturated rings. The standard InChI is InChI=1S/C9H18N2O2S2/c1-7(9(10)14)15(12,13)11(2)8-5-3-4-6-8/h7-8H,3-6H2,1-2H3,(H2,10,14). The van der Waals surface area contributed by atoms with E-state index in [0.717, 1.165) is 25.7 Å². The van der Waals surface area contributed by atoms with Gasteiger partial charge in [0.05, 0.1) is 4.99 Å². The molecule has 0 amide bonds. The maximum Gasteiger partial charge on any atom is 0.223 e. The van der Waals surface area contributed by atoms with Crippen LogP contribution in [0.5, 0.6) is 0 Å². The molecule has 0 aromatic carbocycles. The first-order valence-corrected chi connectivity index (χ1v) is 7.04. The minimum absolute atomic E-state index is 0.0415. The monoisotopic (exact) mass is 250 g/mol. The van der Waals surface area contributed by atoms with E-state index in [4.69, 9.17) is 18.0 Å². The van der Waals surface area contributed by atoms with Crippen LogP contribution in [0.25, 0.3) is 0 Å². The molecule has 4 nitrogen and oxygen atoms in total.